The van der Waals surface area contributed by atoms with Crippen LogP contribution in [0.1, 0.15) is 10.5 Å². The molecule has 1 aromatic carbocycles. The molecule has 2 aromatic rings. The van der Waals surface area contributed by atoms with Crippen LogP contribution in [0.2, 0.25) is 0 Å². The van der Waals surface area contributed by atoms with Crippen LogP contribution in [-0.2, 0) is 4.74 Å². The van der Waals surface area contributed by atoms with Crippen molar-refractivity contribution in [3.63, 3.8) is 0 Å². The molecular weight excluding hydrogens is 254 g/mol. The van der Waals surface area contributed by atoms with Crippen molar-refractivity contribution in [3.05, 3.63) is 36.0 Å². The molecule has 0 fully saturated rings. The van der Waals surface area contributed by atoms with Crippen LogP contribution >= 0.6 is 0 Å². The number of likely N-dealkylation sites (N-methyl/N-ethyl adjacent to an activating group) is 1. The van der Waals surface area contributed by atoms with E-state index in [2.05, 4.69) is 10.3 Å². The number of carbonyl (C=O) groups excluding carboxylic acids is 1. The minimum Gasteiger partial charge on any atom is -0.388 e. The van der Waals surface area contributed by atoms with Gasteiger partial charge in [0.05, 0.1) is 12.1 Å². The van der Waals surface area contributed by atoms with Gasteiger partial charge in [-0.05, 0) is 12.1 Å². The summed E-state index contributed by atoms with van der Waals surface area (Å²) in [7, 11) is 5.20. The molecule has 0 atom stereocenters. The third kappa shape index (κ3) is 2.88. The average Bonchev–Trinajstić information content (AvgIpc) is 2.50. The molecule has 0 aliphatic carbocycles. The molecule has 0 radical (unpaired) electrons. The summed E-state index contributed by atoms with van der Waals surface area (Å²) in [4.78, 5) is 18.4. The number of pyridine rings is 1. The highest BCUT2D eigenvalue weighted by Gasteiger charge is 2.15. The monoisotopic (exact) mass is 273 g/mol. The second-order valence-corrected chi connectivity index (χ2v) is 4.54. The van der Waals surface area contributed by atoms with Gasteiger partial charge >= 0.3 is 0 Å². The van der Waals surface area contributed by atoms with Gasteiger partial charge in [-0.2, -0.15) is 0 Å². The van der Waals surface area contributed by atoms with Crippen LogP contribution in [0.15, 0.2) is 30.3 Å². The number of anilines is 1. The fourth-order valence-electron chi connectivity index (χ4n) is 2.02. The first-order chi connectivity index (χ1) is 9.67. The van der Waals surface area contributed by atoms with E-state index in [1.54, 1.807) is 25.1 Å². The van der Waals surface area contributed by atoms with Gasteiger partial charge < -0.3 is 15.0 Å². The highest BCUT2D eigenvalue weighted by atomic mass is 16.5. The maximum Gasteiger partial charge on any atom is 0.272 e. The second-order valence-electron chi connectivity index (χ2n) is 4.54. The number of fused-ring (bicyclic) bond motifs is 1. The van der Waals surface area contributed by atoms with Gasteiger partial charge in [0.2, 0.25) is 0 Å². The molecule has 2 rings (SSSR count). The van der Waals surface area contributed by atoms with E-state index in [-0.39, 0.29) is 5.91 Å². The molecule has 1 heterocycles. The minimum atomic E-state index is -0.107. The first kappa shape index (κ1) is 14.3. The van der Waals surface area contributed by atoms with Gasteiger partial charge in [-0.15, -0.1) is 0 Å². The molecule has 0 saturated carbocycles. The zero-order valence-corrected chi connectivity index (χ0v) is 12.0. The van der Waals surface area contributed by atoms with Crippen molar-refractivity contribution in [3.8, 4) is 0 Å². The summed E-state index contributed by atoms with van der Waals surface area (Å²) in [6.07, 6.45) is 0. The van der Waals surface area contributed by atoms with Crippen molar-refractivity contribution in [2.24, 2.45) is 0 Å². The van der Waals surface area contributed by atoms with Crippen LogP contribution in [0.25, 0.3) is 10.9 Å². The topological polar surface area (TPSA) is 54.5 Å². The van der Waals surface area contributed by atoms with E-state index in [4.69, 9.17) is 4.74 Å². The number of nitrogens with one attached hydrogen (secondary N) is 1. The Balaban J connectivity index is 2.37. The Hall–Kier alpha value is -2.14. The number of hydrogen-bond acceptors (Lipinski definition) is 4. The molecule has 0 bridgehead atoms. The molecule has 20 heavy (non-hydrogen) atoms. The Morgan fingerprint density at radius 1 is 1.40 bits per heavy atom. The lowest BCUT2D eigenvalue weighted by atomic mass is 10.1. The minimum absolute atomic E-state index is 0.107. The van der Waals surface area contributed by atoms with Gasteiger partial charge in [0, 0.05) is 38.8 Å². The zero-order valence-electron chi connectivity index (χ0n) is 12.0. The fraction of sp³-hybridized carbons (Fsp3) is 0.333. The molecular formula is C15H19N3O2. The number of nitrogens with zero attached hydrogens (tertiary/aromatic N) is 2. The molecule has 1 aromatic heterocycles. The lowest BCUT2D eigenvalue weighted by Crippen LogP contribution is -2.30. The number of rotatable bonds is 5. The quantitative estimate of drug-likeness (QED) is 0.905. The first-order valence-corrected chi connectivity index (χ1v) is 6.49. The van der Waals surface area contributed by atoms with Gasteiger partial charge in [-0.25, -0.2) is 4.98 Å². The Kier molecular flexibility index (Phi) is 4.53. The van der Waals surface area contributed by atoms with Crippen molar-refractivity contribution in [2.45, 2.75) is 0 Å². The summed E-state index contributed by atoms with van der Waals surface area (Å²) in [5.74, 6) is -0.107. The average molecular weight is 273 g/mol. The molecule has 5 heteroatoms. The Bertz CT molecular complexity index is 613. The molecule has 0 unspecified atom stereocenters. The summed E-state index contributed by atoms with van der Waals surface area (Å²) >= 11 is 0. The Morgan fingerprint density at radius 3 is 2.85 bits per heavy atom. The van der Waals surface area contributed by atoms with Gasteiger partial charge in [0.15, 0.2) is 0 Å². The van der Waals surface area contributed by atoms with Crippen LogP contribution in [0.3, 0.4) is 0 Å². The molecule has 1 amide bonds. The predicted molar refractivity (Wildman–Crippen MR) is 80.1 cm³/mol. The maximum absolute atomic E-state index is 12.3. The molecule has 0 aliphatic heterocycles. The predicted octanol–water partition coefficient (Wildman–Crippen LogP) is 1.99. The fourth-order valence-corrected chi connectivity index (χ4v) is 2.02. The summed E-state index contributed by atoms with van der Waals surface area (Å²) in [6.45, 7) is 1.05. The van der Waals surface area contributed by atoms with E-state index in [1.807, 2.05) is 31.3 Å². The first-order valence-electron chi connectivity index (χ1n) is 6.49. The van der Waals surface area contributed by atoms with Crippen molar-refractivity contribution in [1.82, 2.24) is 9.88 Å². The van der Waals surface area contributed by atoms with E-state index < -0.39 is 0 Å². The summed E-state index contributed by atoms with van der Waals surface area (Å²) in [5, 5.41) is 4.12. The number of hydrogen-bond donors (Lipinski definition) is 1. The number of benzene rings is 1. The van der Waals surface area contributed by atoms with Crippen molar-refractivity contribution in [2.75, 3.05) is 39.7 Å². The normalized spacial score (nSPS) is 10.6. The standard InChI is InChI=1S/C15H19N3O2/c1-16-13-10-14(15(19)18(2)8-9-20-3)17-12-7-5-4-6-11(12)13/h4-7,10H,8-9H2,1-3H3,(H,16,17). The van der Waals surface area contributed by atoms with Crippen LogP contribution in [-0.4, -0.2) is 50.1 Å². The van der Waals surface area contributed by atoms with Gasteiger partial charge in [0.1, 0.15) is 5.69 Å². The lowest BCUT2D eigenvalue weighted by Gasteiger charge is -2.17. The number of carbonyl (C=O) groups is 1. The number of ether oxygens (including phenoxy) is 1. The van der Waals surface area contributed by atoms with Crippen molar-refractivity contribution >= 4 is 22.5 Å². The largest absolute Gasteiger partial charge is 0.388 e. The van der Waals surface area contributed by atoms with E-state index >= 15 is 0 Å². The number of methoxy groups -OCH3 is 1. The lowest BCUT2D eigenvalue weighted by molar-refractivity contribution is 0.0739. The van der Waals surface area contributed by atoms with E-state index in [0.717, 1.165) is 16.6 Å². The molecule has 1 N–H and O–H groups in total. The number of para-hydroxylation sites is 1. The van der Waals surface area contributed by atoms with Crippen LogP contribution in [0.5, 0.6) is 0 Å². The molecule has 5 nitrogen and oxygen atoms in total. The highest BCUT2D eigenvalue weighted by molar-refractivity contribution is 5.99. The second kappa shape index (κ2) is 6.34. The molecule has 106 valence electrons. The SMILES string of the molecule is CNc1cc(C(=O)N(C)CCOC)nc2ccccc12. The molecule has 0 saturated heterocycles. The third-order valence-electron chi connectivity index (χ3n) is 3.18. The summed E-state index contributed by atoms with van der Waals surface area (Å²) < 4.78 is 4.99. The third-order valence-corrected chi connectivity index (χ3v) is 3.18. The van der Waals surface area contributed by atoms with Crippen molar-refractivity contribution in [1.29, 1.82) is 0 Å². The van der Waals surface area contributed by atoms with E-state index in [0.29, 0.717) is 18.8 Å². The Morgan fingerprint density at radius 2 is 2.15 bits per heavy atom. The van der Waals surface area contributed by atoms with Crippen LogP contribution in [0, 0.1) is 0 Å². The van der Waals surface area contributed by atoms with Crippen LogP contribution < -0.4 is 5.32 Å². The van der Waals surface area contributed by atoms with E-state index in [9.17, 15) is 4.79 Å². The molecule has 0 spiro atoms. The number of aromatic nitrogens is 1. The number of amides is 1. The van der Waals surface area contributed by atoms with Crippen LogP contribution in [0.4, 0.5) is 5.69 Å². The van der Waals surface area contributed by atoms with Crippen molar-refractivity contribution < 1.29 is 9.53 Å². The zero-order chi connectivity index (χ0) is 14.5. The molecule has 0 aliphatic rings. The van der Waals surface area contributed by atoms with E-state index in [1.165, 1.54) is 0 Å². The van der Waals surface area contributed by atoms with Gasteiger partial charge in [0.25, 0.3) is 5.91 Å². The smallest absolute Gasteiger partial charge is 0.272 e. The highest BCUT2D eigenvalue weighted by Crippen LogP contribution is 2.23. The maximum atomic E-state index is 12.3. The van der Waals surface area contributed by atoms with Gasteiger partial charge in [-0.1, -0.05) is 18.2 Å². The summed E-state index contributed by atoms with van der Waals surface area (Å²) in [5.41, 5.74) is 2.15. The van der Waals surface area contributed by atoms with Gasteiger partial charge in [-0.3, -0.25) is 4.79 Å². The Labute approximate surface area is 118 Å². The summed E-state index contributed by atoms with van der Waals surface area (Å²) in [6, 6.07) is 9.54.